The van der Waals surface area contributed by atoms with Crippen LogP contribution in [0, 0.1) is 0 Å². The first kappa shape index (κ1) is 19.7. The van der Waals surface area contributed by atoms with Gasteiger partial charge in [-0.1, -0.05) is 68.5 Å². The molecular weight excluding hydrogens is 368 g/mol. The molecule has 2 N–H and O–H groups in total. The van der Waals surface area contributed by atoms with E-state index in [0.717, 1.165) is 36.5 Å². The van der Waals surface area contributed by atoms with E-state index in [9.17, 15) is 14.7 Å². The Morgan fingerprint density at radius 2 is 1.69 bits per heavy atom. The predicted molar refractivity (Wildman–Crippen MR) is 111 cm³/mol. The number of amides is 3. The fourth-order valence-electron chi connectivity index (χ4n) is 4.46. The van der Waals surface area contributed by atoms with E-state index in [-0.39, 0.29) is 19.1 Å². The van der Waals surface area contributed by atoms with Crippen LogP contribution in [0.25, 0.3) is 10.8 Å². The Hall–Kier alpha value is -2.60. The van der Waals surface area contributed by atoms with Crippen LogP contribution in [-0.4, -0.2) is 46.7 Å². The molecule has 1 aliphatic heterocycles. The molecule has 1 saturated heterocycles. The number of urea groups is 1. The summed E-state index contributed by atoms with van der Waals surface area (Å²) in [6, 6.07) is 13.2. The average molecular weight is 396 g/mol. The first-order chi connectivity index (χ1) is 14.1. The summed E-state index contributed by atoms with van der Waals surface area (Å²) >= 11 is 0. The van der Waals surface area contributed by atoms with Gasteiger partial charge in [0.15, 0.2) is 0 Å². The Morgan fingerprint density at radius 1 is 1.00 bits per heavy atom. The van der Waals surface area contributed by atoms with Gasteiger partial charge in [0.2, 0.25) is 0 Å². The average Bonchev–Trinajstić information content (AvgIpc) is 2.94. The molecule has 4 rings (SSSR count). The van der Waals surface area contributed by atoms with E-state index in [1.807, 2.05) is 42.5 Å². The second-order valence-corrected chi connectivity index (χ2v) is 8.14. The second-order valence-electron chi connectivity index (χ2n) is 8.14. The summed E-state index contributed by atoms with van der Waals surface area (Å²) in [5.41, 5.74) is -0.784. The van der Waals surface area contributed by atoms with Gasteiger partial charge in [0, 0.05) is 5.39 Å². The number of nitrogens with one attached hydrogen (secondary N) is 1. The van der Waals surface area contributed by atoms with Crippen LogP contribution in [-0.2, 0) is 4.79 Å². The van der Waals surface area contributed by atoms with Crippen molar-refractivity contribution in [3.05, 3.63) is 42.5 Å². The fraction of sp³-hybridized carbons (Fsp3) is 0.478. The predicted octanol–water partition coefficient (Wildman–Crippen LogP) is 3.61. The van der Waals surface area contributed by atoms with E-state index in [1.54, 1.807) is 0 Å². The third kappa shape index (κ3) is 4.08. The van der Waals surface area contributed by atoms with Crippen LogP contribution in [0.4, 0.5) is 4.79 Å². The summed E-state index contributed by atoms with van der Waals surface area (Å²) in [6.07, 6.45) is 5.64. The van der Waals surface area contributed by atoms with Gasteiger partial charge < -0.3 is 15.2 Å². The number of benzene rings is 2. The maximum absolute atomic E-state index is 13.0. The summed E-state index contributed by atoms with van der Waals surface area (Å²) in [7, 11) is 0. The number of hydrogen-bond acceptors (Lipinski definition) is 4. The van der Waals surface area contributed by atoms with Gasteiger partial charge >= 0.3 is 6.03 Å². The van der Waals surface area contributed by atoms with Gasteiger partial charge in [-0.15, -0.1) is 0 Å². The molecule has 2 aromatic rings. The molecule has 6 nitrogen and oxygen atoms in total. The normalized spacial score (nSPS) is 20.4. The number of nitrogens with zero attached hydrogens (tertiary/aromatic N) is 1. The van der Waals surface area contributed by atoms with Gasteiger partial charge in [-0.25, -0.2) is 4.79 Å². The van der Waals surface area contributed by atoms with Crippen molar-refractivity contribution in [2.75, 3.05) is 13.2 Å². The van der Waals surface area contributed by atoms with Crippen molar-refractivity contribution < 1.29 is 19.4 Å². The molecule has 3 amide bonds. The van der Waals surface area contributed by atoms with Crippen LogP contribution in [0.5, 0.6) is 5.75 Å². The summed E-state index contributed by atoms with van der Waals surface area (Å²) in [5.74, 6) is 0.476. The maximum Gasteiger partial charge on any atom is 0.325 e. The molecule has 0 aromatic heterocycles. The van der Waals surface area contributed by atoms with Crippen molar-refractivity contribution in [3.8, 4) is 5.75 Å². The van der Waals surface area contributed by atoms with Crippen LogP contribution in [0.2, 0.25) is 0 Å². The zero-order valence-electron chi connectivity index (χ0n) is 16.6. The summed E-state index contributed by atoms with van der Waals surface area (Å²) in [5, 5.41) is 15.4. The van der Waals surface area contributed by atoms with Crippen molar-refractivity contribution in [2.45, 2.75) is 56.6 Å². The topological polar surface area (TPSA) is 78.9 Å². The molecule has 6 heteroatoms. The highest BCUT2D eigenvalue weighted by Gasteiger charge is 2.50. The van der Waals surface area contributed by atoms with Crippen molar-refractivity contribution in [1.29, 1.82) is 0 Å². The summed E-state index contributed by atoms with van der Waals surface area (Å²) < 4.78 is 5.82. The lowest BCUT2D eigenvalue weighted by molar-refractivity contribution is -0.133. The number of carbonyl (C=O) groups is 2. The molecule has 1 unspecified atom stereocenters. The lowest BCUT2D eigenvalue weighted by atomic mass is 9.84. The lowest BCUT2D eigenvalue weighted by Crippen LogP contribution is -2.48. The minimum absolute atomic E-state index is 0.0120. The molecule has 29 heavy (non-hydrogen) atoms. The number of β-amino-alcohol motifs (C(OH)–C–C–N with tert-alkyl or cyclic N) is 1. The third-order valence-electron chi connectivity index (χ3n) is 6.03. The van der Waals surface area contributed by atoms with Gasteiger partial charge in [-0.05, 0) is 24.3 Å². The molecule has 1 atom stereocenters. The Labute approximate surface area is 170 Å². The Balaban J connectivity index is 1.39. The molecule has 1 aliphatic carbocycles. The van der Waals surface area contributed by atoms with Gasteiger partial charge in [0.05, 0.1) is 6.54 Å². The Morgan fingerprint density at radius 3 is 2.48 bits per heavy atom. The summed E-state index contributed by atoms with van der Waals surface area (Å²) in [4.78, 5) is 26.7. The van der Waals surface area contributed by atoms with Gasteiger partial charge in [-0.2, -0.15) is 0 Å². The van der Waals surface area contributed by atoms with Crippen molar-refractivity contribution in [1.82, 2.24) is 10.2 Å². The molecule has 1 spiro atoms. The molecular formula is C23H28N2O4. The molecule has 0 bridgehead atoms. The highest BCUT2D eigenvalue weighted by Crippen LogP contribution is 2.32. The highest BCUT2D eigenvalue weighted by molar-refractivity contribution is 6.07. The largest absolute Gasteiger partial charge is 0.490 e. The molecule has 1 saturated carbocycles. The van der Waals surface area contributed by atoms with Crippen molar-refractivity contribution in [3.63, 3.8) is 0 Å². The van der Waals surface area contributed by atoms with Gasteiger partial charge in [0.1, 0.15) is 24.0 Å². The maximum atomic E-state index is 13.0. The van der Waals surface area contributed by atoms with Crippen LogP contribution >= 0.6 is 0 Å². The highest BCUT2D eigenvalue weighted by atomic mass is 16.5. The van der Waals surface area contributed by atoms with Gasteiger partial charge in [0.25, 0.3) is 5.91 Å². The minimum atomic E-state index is -0.952. The van der Waals surface area contributed by atoms with Crippen LogP contribution < -0.4 is 10.1 Å². The number of aliphatic hydroxyl groups excluding tert-OH is 1. The number of carbonyl (C=O) groups excluding carboxylic acids is 2. The molecule has 2 fully saturated rings. The monoisotopic (exact) mass is 396 g/mol. The molecule has 1 heterocycles. The zero-order valence-corrected chi connectivity index (χ0v) is 16.6. The number of fused-ring (bicyclic) bond motifs is 1. The Kier molecular flexibility index (Phi) is 5.72. The number of imide groups is 1. The number of rotatable bonds is 5. The smallest absolute Gasteiger partial charge is 0.325 e. The second kappa shape index (κ2) is 8.41. The number of aliphatic hydroxyl groups is 1. The molecule has 154 valence electrons. The molecule has 2 aromatic carbocycles. The third-order valence-corrected chi connectivity index (χ3v) is 6.03. The van der Waals surface area contributed by atoms with Crippen LogP contribution in [0.15, 0.2) is 42.5 Å². The fourth-order valence-corrected chi connectivity index (χ4v) is 4.46. The Bertz CT molecular complexity index is 884. The molecule has 0 radical (unpaired) electrons. The van der Waals surface area contributed by atoms with E-state index < -0.39 is 17.7 Å². The van der Waals surface area contributed by atoms with Crippen LogP contribution in [0.3, 0.4) is 0 Å². The van der Waals surface area contributed by atoms with E-state index in [1.165, 1.54) is 11.3 Å². The van der Waals surface area contributed by atoms with E-state index in [2.05, 4.69) is 5.32 Å². The SMILES string of the molecule is O=C1NC2(CCCCCCC2)C(=O)N1CC(O)COc1cccc2ccccc12. The lowest BCUT2D eigenvalue weighted by Gasteiger charge is -2.28. The van der Waals surface area contributed by atoms with E-state index in [4.69, 9.17) is 4.74 Å². The standard InChI is InChI=1S/C23H28N2O4/c26-18(16-29-20-12-8-10-17-9-4-5-11-19(17)20)15-25-21(27)23(24-22(25)28)13-6-2-1-3-7-14-23/h4-5,8-12,18,26H,1-3,6-7,13-16H2,(H,24,28). The quantitative estimate of drug-likeness (QED) is 0.757. The number of hydrogen-bond donors (Lipinski definition) is 2. The van der Waals surface area contributed by atoms with E-state index in [0.29, 0.717) is 18.6 Å². The van der Waals surface area contributed by atoms with Crippen molar-refractivity contribution >= 4 is 22.7 Å². The van der Waals surface area contributed by atoms with Crippen molar-refractivity contribution in [2.24, 2.45) is 0 Å². The first-order valence-corrected chi connectivity index (χ1v) is 10.5. The first-order valence-electron chi connectivity index (χ1n) is 10.5. The van der Waals surface area contributed by atoms with Crippen LogP contribution in [0.1, 0.15) is 44.9 Å². The van der Waals surface area contributed by atoms with Gasteiger partial charge in [-0.3, -0.25) is 9.69 Å². The number of ether oxygens (including phenoxy) is 1. The zero-order chi connectivity index (χ0) is 20.3. The minimum Gasteiger partial charge on any atom is -0.490 e. The van der Waals surface area contributed by atoms with E-state index >= 15 is 0 Å². The molecule has 2 aliphatic rings. The summed E-state index contributed by atoms with van der Waals surface area (Å²) in [6.45, 7) is -0.0464.